The molecule has 1 aliphatic heterocycles. The molecule has 0 bridgehead atoms. The number of nitrogens with zero attached hydrogens (tertiary/aromatic N) is 2. The Balaban J connectivity index is 1.70. The van der Waals surface area contributed by atoms with Gasteiger partial charge in [0, 0.05) is 25.9 Å². The van der Waals surface area contributed by atoms with Crippen LogP contribution in [0.25, 0.3) is 10.8 Å². The number of nitrogens with two attached hydrogens (primary N) is 4. The third-order valence-electron chi connectivity index (χ3n) is 8.49. The molecular weight excluding hydrogens is 682 g/mol. The smallest absolute Gasteiger partial charge is 0.243 e. The fourth-order valence-corrected chi connectivity index (χ4v) is 5.79. The molecule has 0 aromatic heterocycles. The van der Waals surface area contributed by atoms with Crippen molar-refractivity contribution >= 4 is 52.2 Å². The molecule has 282 valence electrons. The second-order valence-corrected chi connectivity index (χ2v) is 12.7. The summed E-state index contributed by atoms with van der Waals surface area (Å²) >= 11 is 0. The van der Waals surface area contributed by atoms with Gasteiger partial charge < -0.3 is 54.6 Å². The molecule has 14 N–H and O–H groups in total. The average molecular weight is 730 g/mol. The van der Waals surface area contributed by atoms with E-state index in [9.17, 15) is 29.1 Å². The summed E-state index contributed by atoms with van der Waals surface area (Å²) in [5.74, 6) is -3.65. The lowest BCUT2D eigenvalue weighted by atomic mass is 9.99. The van der Waals surface area contributed by atoms with Crippen LogP contribution in [-0.4, -0.2) is 90.4 Å². The van der Waals surface area contributed by atoms with Crippen LogP contribution in [0.5, 0.6) is 5.75 Å². The molecule has 1 saturated heterocycles. The van der Waals surface area contributed by atoms with Crippen molar-refractivity contribution in [3.63, 3.8) is 0 Å². The summed E-state index contributed by atoms with van der Waals surface area (Å²) in [6.07, 6.45) is 0.794. The van der Waals surface area contributed by atoms with Gasteiger partial charge in [0.25, 0.3) is 0 Å². The number of aliphatic imine (C=N–C) groups is 2. The van der Waals surface area contributed by atoms with E-state index in [1.54, 1.807) is 12.1 Å². The lowest BCUT2D eigenvalue weighted by molar-refractivity contribution is -0.134. The molecule has 3 aromatic carbocycles. The Hall–Kier alpha value is -6.39. The molecule has 0 radical (unpaired) electrons. The van der Waals surface area contributed by atoms with Crippen molar-refractivity contribution in [2.75, 3.05) is 19.6 Å². The molecule has 3 aromatic rings. The number of phenolic OH excluding ortho intramolecular Hbond substituents is 1. The maximum Gasteiger partial charge on any atom is 0.243 e. The Morgan fingerprint density at radius 3 is 1.70 bits per heavy atom. The Morgan fingerprint density at radius 2 is 1.09 bits per heavy atom. The van der Waals surface area contributed by atoms with Crippen LogP contribution in [0.15, 0.2) is 76.7 Å². The summed E-state index contributed by atoms with van der Waals surface area (Å²) in [5.41, 5.74) is 23.1. The van der Waals surface area contributed by atoms with Crippen LogP contribution in [0.3, 0.4) is 0 Å². The van der Waals surface area contributed by atoms with E-state index in [-0.39, 0.29) is 62.9 Å². The van der Waals surface area contributed by atoms with E-state index in [1.165, 1.54) is 12.1 Å². The summed E-state index contributed by atoms with van der Waals surface area (Å²) in [7, 11) is 0. The van der Waals surface area contributed by atoms with Crippen molar-refractivity contribution in [1.82, 2.24) is 26.6 Å². The van der Waals surface area contributed by atoms with E-state index < -0.39 is 60.2 Å². The van der Waals surface area contributed by atoms with Crippen LogP contribution in [0.2, 0.25) is 0 Å². The number of hydrogen-bond acceptors (Lipinski definition) is 8. The highest BCUT2D eigenvalue weighted by molar-refractivity contribution is 5.97. The predicted molar refractivity (Wildman–Crippen MR) is 200 cm³/mol. The van der Waals surface area contributed by atoms with Gasteiger partial charge in [-0.1, -0.05) is 54.6 Å². The van der Waals surface area contributed by atoms with Crippen LogP contribution in [-0.2, 0) is 36.8 Å². The number of amides is 5. The molecule has 5 amide bonds. The number of nitrogens with one attached hydrogen (secondary N) is 5. The molecule has 4 atom stereocenters. The van der Waals surface area contributed by atoms with Crippen LogP contribution in [0.1, 0.15) is 36.8 Å². The third-order valence-corrected chi connectivity index (χ3v) is 8.49. The van der Waals surface area contributed by atoms with Crippen molar-refractivity contribution in [3.8, 4) is 5.75 Å². The zero-order chi connectivity index (χ0) is 38.3. The van der Waals surface area contributed by atoms with E-state index >= 15 is 0 Å². The van der Waals surface area contributed by atoms with Crippen molar-refractivity contribution < 1.29 is 29.1 Å². The fourth-order valence-electron chi connectivity index (χ4n) is 5.79. The zero-order valence-electron chi connectivity index (χ0n) is 29.2. The summed E-state index contributed by atoms with van der Waals surface area (Å²) in [6, 6.07) is 14.7. The van der Waals surface area contributed by atoms with Crippen LogP contribution in [0, 0.1) is 0 Å². The quantitative estimate of drug-likeness (QED) is 0.0585. The van der Waals surface area contributed by atoms with Crippen molar-refractivity contribution in [2.45, 2.75) is 62.7 Å². The lowest BCUT2D eigenvalue weighted by Gasteiger charge is -2.26. The zero-order valence-corrected chi connectivity index (χ0v) is 29.2. The summed E-state index contributed by atoms with van der Waals surface area (Å²) in [6.45, 7) is -0.184. The number of benzene rings is 3. The summed E-state index contributed by atoms with van der Waals surface area (Å²) in [5, 5.41) is 25.1. The molecule has 1 fully saturated rings. The Morgan fingerprint density at radius 1 is 0.604 bits per heavy atom. The van der Waals surface area contributed by atoms with Crippen molar-refractivity contribution in [2.24, 2.45) is 32.9 Å². The van der Waals surface area contributed by atoms with Gasteiger partial charge in [-0.15, -0.1) is 0 Å². The maximum atomic E-state index is 14.1. The van der Waals surface area contributed by atoms with Gasteiger partial charge in [0.05, 0.1) is 6.54 Å². The highest BCUT2D eigenvalue weighted by Gasteiger charge is 2.32. The molecular formula is C36H47N11O6. The van der Waals surface area contributed by atoms with E-state index in [0.717, 1.165) is 16.3 Å². The molecule has 0 aliphatic carbocycles. The van der Waals surface area contributed by atoms with Gasteiger partial charge in [-0.3, -0.25) is 34.0 Å². The van der Waals surface area contributed by atoms with Crippen LogP contribution >= 0.6 is 0 Å². The highest BCUT2D eigenvalue weighted by Crippen LogP contribution is 2.18. The lowest BCUT2D eigenvalue weighted by Crippen LogP contribution is -2.58. The summed E-state index contributed by atoms with van der Waals surface area (Å²) in [4.78, 5) is 76.4. The minimum absolute atomic E-state index is 0.00299. The highest BCUT2D eigenvalue weighted by atomic mass is 16.3. The van der Waals surface area contributed by atoms with Crippen LogP contribution < -0.4 is 49.5 Å². The van der Waals surface area contributed by atoms with Gasteiger partial charge in [0.15, 0.2) is 11.9 Å². The number of fused-ring (bicyclic) bond motifs is 1. The second kappa shape index (κ2) is 19.3. The van der Waals surface area contributed by atoms with E-state index in [4.69, 9.17) is 22.9 Å². The van der Waals surface area contributed by atoms with Gasteiger partial charge in [-0.2, -0.15) is 0 Å². The Kier molecular flexibility index (Phi) is 14.3. The normalized spacial score (nSPS) is 20.0. The number of rotatable bonds is 12. The Labute approximate surface area is 306 Å². The molecule has 0 spiro atoms. The van der Waals surface area contributed by atoms with Crippen LogP contribution in [0.4, 0.5) is 0 Å². The Bertz CT molecular complexity index is 1820. The van der Waals surface area contributed by atoms with Crippen molar-refractivity contribution in [1.29, 1.82) is 0 Å². The first kappa shape index (κ1) is 39.4. The number of carbonyl (C=O) groups excluding carboxylic acids is 5. The minimum Gasteiger partial charge on any atom is -0.508 e. The number of phenols is 1. The second-order valence-electron chi connectivity index (χ2n) is 12.7. The van der Waals surface area contributed by atoms with E-state index in [0.29, 0.717) is 12.0 Å². The first-order valence-electron chi connectivity index (χ1n) is 17.2. The van der Waals surface area contributed by atoms with Gasteiger partial charge in [-0.05, 0) is 59.7 Å². The van der Waals surface area contributed by atoms with Gasteiger partial charge >= 0.3 is 0 Å². The first-order valence-corrected chi connectivity index (χ1v) is 17.2. The molecule has 1 aliphatic rings. The number of hydrogen-bond donors (Lipinski definition) is 10. The number of carbonyl (C=O) groups is 5. The first-order chi connectivity index (χ1) is 25.4. The minimum atomic E-state index is -1.20. The van der Waals surface area contributed by atoms with E-state index in [1.807, 2.05) is 42.5 Å². The number of aromatic hydroxyl groups is 1. The topological polar surface area (TPSA) is 295 Å². The molecule has 53 heavy (non-hydrogen) atoms. The molecule has 1 heterocycles. The average Bonchev–Trinajstić information content (AvgIpc) is 3.12. The van der Waals surface area contributed by atoms with E-state index in [2.05, 4.69) is 36.6 Å². The molecule has 0 saturated carbocycles. The van der Waals surface area contributed by atoms with Gasteiger partial charge in [0.1, 0.15) is 29.9 Å². The maximum absolute atomic E-state index is 14.1. The number of guanidine groups is 2. The SMILES string of the molecule is NC(N)=NCCC[C@@H]1NC(=O)[C@@H](CCCN=C(N)N)NC(=O)CNC(=O)[C@@H](Cc2ccc(O)cc2)NC(=O)[C@@H](Cc2ccc3ccccc3c2)NC1=O. The third kappa shape index (κ3) is 12.7. The fraction of sp³-hybridized carbons (Fsp3) is 0.361. The standard InChI is InChI=1S/C36H47N11O6/c37-35(38)41-15-3-7-26-32(51)45-27(8-4-16-42-36(39)40)33(52)47-29(19-22-9-12-23-5-1-2-6-24(23)17-22)34(53)46-28(31(50)43-20-30(49)44-26)18-21-10-13-25(48)14-11-21/h1-2,5-6,9-14,17,26-29,48H,3-4,7-8,15-16,18-20H2,(H,43,50)(H,44,49)(H,45,51)(H,46,53)(H,47,52)(H4,37,38,41)(H4,39,40,42)/t26-,27+,28-,29-/m1/s1. The molecule has 17 heteroatoms. The van der Waals surface area contributed by atoms with Gasteiger partial charge in [0.2, 0.25) is 29.5 Å². The van der Waals surface area contributed by atoms with Crippen molar-refractivity contribution in [3.05, 3.63) is 77.9 Å². The molecule has 17 nitrogen and oxygen atoms in total. The molecule has 0 unspecified atom stereocenters. The predicted octanol–water partition coefficient (Wildman–Crippen LogP) is -1.49. The largest absolute Gasteiger partial charge is 0.508 e. The molecule has 4 rings (SSSR count). The monoisotopic (exact) mass is 729 g/mol. The van der Waals surface area contributed by atoms with Gasteiger partial charge in [-0.25, -0.2) is 0 Å². The summed E-state index contributed by atoms with van der Waals surface area (Å²) < 4.78 is 0.